The second-order valence-electron chi connectivity index (χ2n) is 4.62. The Bertz CT molecular complexity index is 707. The maximum Gasteiger partial charge on any atom is 0.374 e. The number of nitro groups is 1. The van der Waals surface area contributed by atoms with Gasteiger partial charge in [0.05, 0.1) is 16.6 Å². The first-order valence-electron chi connectivity index (χ1n) is 6.61. The quantitative estimate of drug-likeness (QED) is 0.602. The average molecular weight is 318 g/mol. The molecule has 2 N–H and O–H groups in total. The number of nitrogens with zero attached hydrogens (tertiary/aromatic N) is 4. The van der Waals surface area contributed by atoms with E-state index in [0.717, 1.165) is 6.33 Å². The number of aromatic nitrogens is 3. The lowest BCUT2D eigenvalue weighted by molar-refractivity contribution is -0.385. The summed E-state index contributed by atoms with van der Waals surface area (Å²) in [6, 6.07) is 3.14. The van der Waals surface area contributed by atoms with Gasteiger partial charge in [0, 0.05) is 12.4 Å². The third-order valence-corrected chi connectivity index (χ3v) is 2.54. The summed E-state index contributed by atoms with van der Waals surface area (Å²) in [6.07, 6.45) is 3.68. The van der Waals surface area contributed by atoms with Crippen LogP contribution in [0.25, 0.3) is 0 Å². The highest BCUT2D eigenvalue weighted by Crippen LogP contribution is 2.30. The van der Waals surface area contributed by atoms with Crippen molar-refractivity contribution in [3.8, 4) is 5.88 Å². The van der Waals surface area contributed by atoms with Crippen LogP contribution in [0.4, 0.5) is 11.5 Å². The predicted molar refractivity (Wildman–Crippen MR) is 79.8 cm³/mol. The van der Waals surface area contributed by atoms with Crippen LogP contribution in [-0.2, 0) is 0 Å². The third kappa shape index (κ3) is 4.09. The molecule has 0 radical (unpaired) electrons. The number of carbonyl (C=O) groups is 1. The minimum atomic E-state index is -0.684. The molecule has 0 saturated carbocycles. The molecule has 2 aromatic heterocycles. The molecular weight excluding hydrogens is 304 g/mol. The van der Waals surface area contributed by atoms with Crippen LogP contribution < -0.4 is 15.6 Å². The van der Waals surface area contributed by atoms with Crippen molar-refractivity contribution in [3.63, 3.8) is 0 Å². The Kier molecular flexibility index (Phi) is 4.97. The summed E-state index contributed by atoms with van der Waals surface area (Å²) in [4.78, 5) is 33.8. The number of rotatable bonds is 6. The highest BCUT2D eigenvalue weighted by molar-refractivity contribution is 5.94. The summed E-state index contributed by atoms with van der Waals surface area (Å²) < 4.78 is 5.28. The van der Waals surface area contributed by atoms with Crippen molar-refractivity contribution < 1.29 is 14.5 Å². The van der Waals surface area contributed by atoms with Crippen LogP contribution in [-0.4, -0.2) is 31.9 Å². The van der Waals surface area contributed by atoms with Gasteiger partial charge in [-0.15, -0.1) is 0 Å². The zero-order valence-corrected chi connectivity index (χ0v) is 12.4. The molecule has 0 unspecified atom stereocenters. The van der Waals surface area contributed by atoms with Crippen molar-refractivity contribution in [2.24, 2.45) is 0 Å². The summed E-state index contributed by atoms with van der Waals surface area (Å²) in [6.45, 7) is 3.42. The first-order chi connectivity index (χ1) is 11.0. The van der Waals surface area contributed by atoms with Crippen LogP contribution in [0.2, 0.25) is 0 Å². The summed E-state index contributed by atoms with van der Waals surface area (Å²) in [5.41, 5.74) is 4.54. The van der Waals surface area contributed by atoms with Gasteiger partial charge in [0.1, 0.15) is 6.33 Å². The maximum atomic E-state index is 11.9. The lowest BCUT2D eigenvalue weighted by atomic mass is 10.3. The molecule has 2 rings (SSSR count). The first kappa shape index (κ1) is 16.1. The molecule has 0 fully saturated rings. The molecule has 2 heterocycles. The number of nitrogens with one attached hydrogen (secondary N) is 2. The Morgan fingerprint density at radius 3 is 2.78 bits per heavy atom. The molecule has 0 aliphatic heterocycles. The van der Waals surface area contributed by atoms with Crippen LogP contribution >= 0.6 is 0 Å². The van der Waals surface area contributed by atoms with Crippen LogP contribution in [0.5, 0.6) is 5.88 Å². The normalized spacial score (nSPS) is 10.2. The van der Waals surface area contributed by atoms with Crippen molar-refractivity contribution in [3.05, 3.63) is 46.5 Å². The Morgan fingerprint density at radius 2 is 2.17 bits per heavy atom. The van der Waals surface area contributed by atoms with Crippen molar-refractivity contribution in [2.75, 3.05) is 5.43 Å². The summed E-state index contributed by atoms with van der Waals surface area (Å²) in [5.74, 6) is -0.881. The monoisotopic (exact) mass is 318 g/mol. The van der Waals surface area contributed by atoms with Crippen LogP contribution in [0.15, 0.2) is 30.9 Å². The van der Waals surface area contributed by atoms with Crippen molar-refractivity contribution >= 4 is 17.4 Å². The first-order valence-corrected chi connectivity index (χ1v) is 6.61. The molecule has 120 valence electrons. The lowest BCUT2D eigenvalue weighted by Gasteiger charge is -2.11. The van der Waals surface area contributed by atoms with Gasteiger partial charge in [-0.05, 0) is 26.0 Å². The van der Waals surface area contributed by atoms with E-state index in [1.807, 2.05) is 0 Å². The maximum absolute atomic E-state index is 11.9. The number of ether oxygens (including phenoxy) is 1. The van der Waals surface area contributed by atoms with E-state index in [9.17, 15) is 14.9 Å². The molecule has 0 aliphatic carbocycles. The number of amides is 1. The molecule has 1 amide bonds. The van der Waals surface area contributed by atoms with E-state index in [4.69, 9.17) is 4.74 Å². The molecule has 2 aromatic rings. The molecule has 0 aliphatic rings. The van der Waals surface area contributed by atoms with E-state index in [2.05, 4.69) is 25.8 Å². The Labute approximate surface area is 131 Å². The predicted octanol–water partition coefficient (Wildman–Crippen LogP) is 1.32. The van der Waals surface area contributed by atoms with Crippen molar-refractivity contribution in [1.82, 2.24) is 20.4 Å². The standard InChI is InChI=1S/C13H14N6O4/c1-8(2)23-13-10(19(21)22)11(15-7-16-13)17-18-12(20)9-4-3-5-14-6-9/h3-8H,1-2H3,(H,18,20)(H,15,16,17). The van der Waals surface area contributed by atoms with E-state index >= 15 is 0 Å². The van der Waals surface area contributed by atoms with Crippen LogP contribution in [0.1, 0.15) is 24.2 Å². The number of hydrogen-bond acceptors (Lipinski definition) is 8. The van der Waals surface area contributed by atoms with Gasteiger partial charge in [-0.2, -0.15) is 4.98 Å². The third-order valence-electron chi connectivity index (χ3n) is 2.54. The van der Waals surface area contributed by atoms with Crippen LogP contribution in [0, 0.1) is 10.1 Å². The smallest absolute Gasteiger partial charge is 0.374 e. The molecule has 0 aromatic carbocycles. The topological polar surface area (TPSA) is 132 Å². The fraction of sp³-hybridized carbons (Fsp3) is 0.231. The Morgan fingerprint density at radius 1 is 1.39 bits per heavy atom. The fourth-order valence-corrected chi connectivity index (χ4v) is 1.61. The van der Waals surface area contributed by atoms with Crippen LogP contribution in [0.3, 0.4) is 0 Å². The Balaban J connectivity index is 2.19. The van der Waals surface area contributed by atoms with Gasteiger partial charge in [0.15, 0.2) is 0 Å². The molecular formula is C13H14N6O4. The van der Waals surface area contributed by atoms with Gasteiger partial charge < -0.3 is 4.74 Å². The number of hydrogen-bond donors (Lipinski definition) is 2. The number of anilines is 1. The number of pyridine rings is 1. The molecule has 23 heavy (non-hydrogen) atoms. The minimum absolute atomic E-state index is 0.182. The van der Waals surface area contributed by atoms with E-state index < -0.39 is 16.5 Å². The molecule has 0 atom stereocenters. The van der Waals surface area contributed by atoms with E-state index in [1.54, 1.807) is 26.0 Å². The average Bonchev–Trinajstić information content (AvgIpc) is 2.52. The van der Waals surface area contributed by atoms with Gasteiger partial charge in [0.25, 0.3) is 11.8 Å². The zero-order valence-electron chi connectivity index (χ0n) is 12.4. The van der Waals surface area contributed by atoms with Gasteiger partial charge in [0.2, 0.25) is 5.82 Å². The summed E-state index contributed by atoms with van der Waals surface area (Å²) >= 11 is 0. The van der Waals surface area contributed by atoms with Crippen molar-refractivity contribution in [2.45, 2.75) is 20.0 Å². The molecule has 10 nitrogen and oxygen atoms in total. The zero-order chi connectivity index (χ0) is 16.8. The van der Waals surface area contributed by atoms with E-state index in [0.29, 0.717) is 0 Å². The molecule has 0 bridgehead atoms. The van der Waals surface area contributed by atoms with E-state index in [-0.39, 0.29) is 23.4 Å². The SMILES string of the molecule is CC(C)Oc1ncnc(NNC(=O)c2cccnc2)c1[N+](=O)[O-]. The Hall–Kier alpha value is -3.30. The largest absolute Gasteiger partial charge is 0.470 e. The van der Waals surface area contributed by atoms with Crippen molar-refractivity contribution in [1.29, 1.82) is 0 Å². The molecule has 10 heteroatoms. The number of hydrazine groups is 1. The minimum Gasteiger partial charge on any atom is -0.470 e. The second kappa shape index (κ2) is 7.11. The number of carbonyl (C=O) groups excluding carboxylic acids is 1. The molecule has 0 saturated heterocycles. The van der Waals surface area contributed by atoms with Gasteiger partial charge in [-0.1, -0.05) is 0 Å². The van der Waals surface area contributed by atoms with Gasteiger partial charge in [-0.3, -0.25) is 30.7 Å². The highest BCUT2D eigenvalue weighted by Gasteiger charge is 2.25. The highest BCUT2D eigenvalue weighted by atomic mass is 16.6. The summed E-state index contributed by atoms with van der Waals surface area (Å²) in [5, 5.41) is 11.2. The van der Waals surface area contributed by atoms with Gasteiger partial charge in [-0.25, -0.2) is 4.98 Å². The lowest BCUT2D eigenvalue weighted by Crippen LogP contribution is -2.30. The fourth-order valence-electron chi connectivity index (χ4n) is 1.61. The van der Waals surface area contributed by atoms with Gasteiger partial charge >= 0.3 is 5.69 Å². The molecule has 0 spiro atoms. The van der Waals surface area contributed by atoms with E-state index in [1.165, 1.54) is 12.4 Å². The summed E-state index contributed by atoms with van der Waals surface area (Å²) in [7, 11) is 0. The second-order valence-corrected chi connectivity index (χ2v) is 4.62.